The maximum absolute atomic E-state index is 5.98. The van der Waals surface area contributed by atoms with Gasteiger partial charge in [0.25, 0.3) is 0 Å². The molecular formula is C11H19BrN2S. The summed E-state index contributed by atoms with van der Waals surface area (Å²) in [6.45, 7) is 6.22. The normalized spacial score (nSPS) is 13.4. The second-order valence-electron chi connectivity index (χ2n) is 4.23. The summed E-state index contributed by atoms with van der Waals surface area (Å²) in [6, 6.07) is 4.49. The van der Waals surface area contributed by atoms with Gasteiger partial charge in [-0.25, -0.2) is 0 Å². The van der Waals surface area contributed by atoms with Crippen LogP contribution < -0.4 is 11.1 Å². The number of hydrogen-bond donors (Lipinski definition) is 2. The third-order valence-electron chi connectivity index (χ3n) is 2.11. The fourth-order valence-corrected chi connectivity index (χ4v) is 2.97. The number of halogens is 1. The smallest absolute Gasteiger partial charge is 0.0701 e. The van der Waals surface area contributed by atoms with Crippen LogP contribution in [0.25, 0.3) is 0 Å². The molecule has 0 saturated carbocycles. The van der Waals surface area contributed by atoms with Crippen molar-refractivity contribution in [1.29, 1.82) is 0 Å². The molecule has 1 rings (SSSR count). The molecule has 3 N–H and O–H groups in total. The minimum atomic E-state index is 0.272. The number of rotatable bonds is 6. The quantitative estimate of drug-likeness (QED) is 0.845. The Labute approximate surface area is 104 Å². The first-order valence-electron chi connectivity index (χ1n) is 5.28. The summed E-state index contributed by atoms with van der Waals surface area (Å²) in [6.07, 6.45) is 1.08. The molecule has 0 spiro atoms. The minimum Gasteiger partial charge on any atom is -0.327 e. The van der Waals surface area contributed by atoms with Gasteiger partial charge in [-0.2, -0.15) is 0 Å². The molecule has 1 atom stereocenters. The Morgan fingerprint density at radius 1 is 1.47 bits per heavy atom. The van der Waals surface area contributed by atoms with Crippen molar-refractivity contribution in [3.8, 4) is 0 Å². The molecule has 15 heavy (non-hydrogen) atoms. The molecule has 0 fully saturated rings. The van der Waals surface area contributed by atoms with Gasteiger partial charge in [0, 0.05) is 24.0 Å². The maximum atomic E-state index is 5.98. The minimum absolute atomic E-state index is 0.272. The zero-order chi connectivity index (χ0) is 11.3. The Morgan fingerprint density at radius 2 is 2.20 bits per heavy atom. The molecule has 2 nitrogen and oxygen atoms in total. The van der Waals surface area contributed by atoms with Gasteiger partial charge in [0.1, 0.15) is 0 Å². The van der Waals surface area contributed by atoms with E-state index in [0.29, 0.717) is 5.92 Å². The average Bonchev–Trinajstić information content (AvgIpc) is 2.50. The summed E-state index contributed by atoms with van der Waals surface area (Å²) >= 11 is 5.22. The number of thiophene rings is 1. The van der Waals surface area contributed by atoms with Crippen molar-refractivity contribution in [1.82, 2.24) is 5.32 Å². The van der Waals surface area contributed by atoms with Gasteiger partial charge in [-0.05, 0) is 40.4 Å². The summed E-state index contributed by atoms with van der Waals surface area (Å²) in [7, 11) is 0. The van der Waals surface area contributed by atoms with Crippen LogP contribution in [0.4, 0.5) is 0 Å². The predicted octanol–water partition coefficient (Wildman–Crippen LogP) is 2.97. The second kappa shape index (κ2) is 6.63. The third-order valence-corrected chi connectivity index (χ3v) is 3.73. The van der Waals surface area contributed by atoms with E-state index in [0.717, 1.165) is 19.5 Å². The summed E-state index contributed by atoms with van der Waals surface area (Å²) < 4.78 is 1.19. The number of nitrogens with one attached hydrogen (secondary N) is 1. The summed E-state index contributed by atoms with van der Waals surface area (Å²) in [5, 5.41) is 3.38. The molecule has 1 heterocycles. The van der Waals surface area contributed by atoms with E-state index in [1.54, 1.807) is 11.3 Å². The van der Waals surface area contributed by atoms with E-state index in [1.807, 2.05) is 0 Å². The SMILES string of the molecule is CC(C)CC(N)CNCc1ccc(Br)s1. The van der Waals surface area contributed by atoms with Gasteiger partial charge in [0.05, 0.1) is 3.79 Å². The van der Waals surface area contributed by atoms with Gasteiger partial charge in [0.15, 0.2) is 0 Å². The van der Waals surface area contributed by atoms with E-state index >= 15 is 0 Å². The Bertz CT molecular complexity index is 286. The second-order valence-corrected chi connectivity index (χ2v) is 6.77. The summed E-state index contributed by atoms with van der Waals surface area (Å²) in [5.41, 5.74) is 5.98. The Morgan fingerprint density at radius 3 is 2.73 bits per heavy atom. The molecule has 1 unspecified atom stereocenters. The van der Waals surface area contributed by atoms with Crippen LogP contribution in [0.2, 0.25) is 0 Å². The lowest BCUT2D eigenvalue weighted by atomic mass is 10.0. The first-order valence-corrected chi connectivity index (χ1v) is 6.89. The highest BCUT2D eigenvalue weighted by molar-refractivity contribution is 9.11. The van der Waals surface area contributed by atoms with Gasteiger partial charge in [0.2, 0.25) is 0 Å². The van der Waals surface area contributed by atoms with Gasteiger partial charge >= 0.3 is 0 Å². The van der Waals surface area contributed by atoms with Crippen LogP contribution in [-0.2, 0) is 6.54 Å². The third kappa shape index (κ3) is 5.66. The van der Waals surface area contributed by atoms with Gasteiger partial charge in [-0.3, -0.25) is 0 Å². The Kier molecular flexibility index (Phi) is 5.82. The zero-order valence-electron chi connectivity index (χ0n) is 9.29. The molecule has 0 bridgehead atoms. The molecule has 0 aliphatic rings. The largest absolute Gasteiger partial charge is 0.327 e. The molecule has 86 valence electrons. The number of nitrogens with two attached hydrogens (primary N) is 1. The molecule has 4 heteroatoms. The maximum Gasteiger partial charge on any atom is 0.0701 e. The summed E-state index contributed by atoms with van der Waals surface area (Å²) in [5.74, 6) is 0.678. The van der Waals surface area contributed by atoms with Crippen molar-refractivity contribution < 1.29 is 0 Å². The first kappa shape index (κ1) is 13.2. The van der Waals surface area contributed by atoms with Crippen LogP contribution in [0.1, 0.15) is 25.1 Å². The molecule has 0 aliphatic carbocycles. The monoisotopic (exact) mass is 290 g/mol. The molecule has 1 aromatic heterocycles. The fraction of sp³-hybridized carbons (Fsp3) is 0.636. The van der Waals surface area contributed by atoms with Crippen LogP contribution >= 0.6 is 27.3 Å². The molecule has 1 aromatic rings. The Hall–Kier alpha value is 0.1000. The lowest BCUT2D eigenvalue weighted by Gasteiger charge is -2.14. The highest BCUT2D eigenvalue weighted by Crippen LogP contribution is 2.21. The molecule has 0 aliphatic heterocycles. The lowest BCUT2D eigenvalue weighted by molar-refractivity contribution is 0.468. The predicted molar refractivity (Wildman–Crippen MR) is 71.2 cm³/mol. The van der Waals surface area contributed by atoms with Crippen molar-refractivity contribution in [2.45, 2.75) is 32.9 Å². The van der Waals surface area contributed by atoms with E-state index in [2.05, 4.69) is 47.2 Å². The van der Waals surface area contributed by atoms with Crippen LogP contribution in [0.3, 0.4) is 0 Å². The van der Waals surface area contributed by atoms with E-state index in [1.165, 1.54) is 8.66 Å². The zero-order valence-corrected chi connectivity index (χ0v) is 11.7. The van der Waals surface area contributed by atoms with E-state index in [4.69, 9.17) is 5.73 Å². The van der Waals surface area contributed by atoms with E-state index < -0.39 is 0 Å². The topological polar surface area (TPSA) is 38.0 Å². The van der Waals surface area contributed by atoms with Crippen LogP contribution in [-0.4, -0.2) is 12.6 Å². The molecule has 0 saturated heterocycles. The Balaban J connectivity index is 2.16. The van der Waals surface area contributed by atoms with E-state index in [-0.39, 0.29) is 6.04 Å². The molecule has 0 amide bonds. The number of hydrogen-bond acceptors (Lipinski definition) is 3. The van der Waals surface area contributed by atoms with Crippen molar-refractivity contribution in [2.24, 2.45) is 11.7 Å². The molecule has 0 aromatic carbocycles. The summed E-state index contributed by atoms with van der Waals surface area (Å²) in [4.78, 5) is 1.35. The first-order chi connectivity index (χ1) is 7.08. The fourth-order valence-electron chi connectivity index (χ4n) is 1.52. The molecule has 0 radical (unpaired) electrons. The van der Waals surface area contributed by atoms with Crippen LogP contribution in [0.5, 0.6) is 0 Å². The highest BCUT2D eigenvalue weighted by atomic mass is 79.9. The van der Waals surface area contributed by atoms with Crippen molar-refractivity contribution >= 4 is 27.3 Å². The van der Waals surface area contributed by atoms with E-state index in [9.17, 15) is 0 Å². The van der Waals surface area contributed by atoms with Crippen LogP contribution in [0.15, 0.2) is 15.9 Å². The van der Waals surface area contributed by atoms with Crippen molar-refractivity contribution in [2.75, 3.05) is 6.54 Å². The average molecular weight is 291 g/mol. The van der Waals surface area contributed by atoms with Crippen molar-refractivity contribution in [3.63, 3.8) is 0 Å². The van der Waals surface area contributed by atoms with Crippen molar-refractivity contribution in [3.05, 3.63) is 20.8 Å². The van der Waals surface area contributed by atoms with Gasteiger partial charge < -0.3 is 11.1 Å². The van der Waals surface area contributed by atoms with Gasteiger partial charge in [-0.1, -0.05) is 13.8 Å². The van der Waals surface area contributed by atoms with Crippen LogP contribution in [0, 0.1) is 5.92 Å². The lowest BCUT2D eigenvalue weighted by Crippen LogP contribution is -2.34. The standard InChI is InChI=1S/C11H19BrN2S/c1-8(2)5-9(13)6-14-7-10-3-4-11(12)15-10/h3-4,8-9,14H,5-7,13H2,1-2H3. The molecular weight excluding hydrogens is 272 g/mol. The highest BCUT2D eigenvalue weighted by Gasteiger charge is 2.05. The van der Waals surface area contributed by atoms with Gasteiger partial charge in [-0.15, -0.1) is 11.3 Å².